The first kappa shape index (κ1) is 22.4. The van der Waals surface area contributed by atoms with E-state index < -0.39 is 0 Å². The largest absolute Gasteiger partial charge is 0.497 e. The van der Waals surface area contributed by atoms with Crippen LogP contribution in [0.1, 0.15) is 22.3 Å². The van der Waals surface area contributed by atoms with Crippen molar-refractivity contribution in [2.24, 2.45) is 0 Å². The summed E-state index contributed by atoms with van der Waals surface area (Å²) in [6, 6.07) is 15.5. The number of nitrogens with zero attached hydrogens (tertiary/aromatic N) is 4. The molecule has 0 unspecified atom stereocenters. The average molecular weight is 449 g/mol. The van der Waals surface area contributed by atoms with Crippen LogP contribution in [0, 0.1) is 6.92 Å². The molecule has 0 atom stereocenters. The lowest BCUT2D eigenvalue weighted by Crippen LogP contribution is -2.37. The summed E-state index contributed by atoms with van der Waals surface area (Å²) in [6.45, 7) is 4.00. The van der Waals surface area contributed by atoms with E-state index >= 15 is 0 Å². The van der Waals surface area contributed by atoms with E-state index in [1.54, 1.807) is 27.8 Å². The molecule has 0 saturated carbocycles. The summed E-state index contributed by atoms with van der Waals surface area (Å²) < 4.78 is 12.0. The molecule has 0 radical (unpaired) electrons. The number of benzene rings is 2. The lowest BCUT2D eigenvalue weighted by molar-refractivity contribution is 0.0758. The Labute approximate surface area is 193 Å². The van der Waals surface area contributed by atoms with Crippen molar-refractivity contribution in [1.82, 2.24) is 19.6 Å². The van der Waals surface area contributed by atoms with Gasteiger partial charge in [-0.3, -0.25) is 4.79 Å². The van der Waals surface area contributed by atoms with Crippen molar-refractivity contribution in [3.05, 3.63) is 65.9 Å². The lowest BCUT2D eigenvalue weighted by Gasteiger charge is -2.21. The van der Waals surface area contributed by atoms with Crippen LogP contribution in [-0.2, 0) is 4.74 Å². The molecule has 1 aliphatic heterocycles. The number of hydrogen-bond donors (Lipinski definition) is 0. The Hall–Kier alpha value is -3.81. The van der Waals surface area contributed by atoms with Gasteiger partial charge in [0.15, 0.2) is 0 Å². The van der Waals surface area contributed by atoms with Crippen molar-refractivity contribution >= 4 is 12.0 Å². The first-order valence-corrected chi connectivity index (χ1v) is 10.9. The summed E-state index contributed by atoms with van der Waals surface area (Å²) in [5, 5.41) is 4.78. The third-order valence-electron chi connectivity index (χ3n) is 5.80. The minimum atomic E-state index is -0.367. The highest BCUT2D eigenvalue weighted by Crippen LogP contribution is 2.28. The Bertz CT molecular complexity index is 1140. The standard InChI is InChI=1S/C25H28N4O4/c1-18-8-10-20(11-9-18)29-17-22(23(26-29)19-6-4-7-21(16-19)32-2)24(30)27-12-5-13-28(15-14-27)25(31)33-3/h4,6-11,16-17H,5,12-15H2,1-3H3. The van der Waals surface area contributed by atoms with Gasteiger partial charge in [-0.15, -0.1) is 0 Å². The number of methoxy groups -OCH3 is 2. The van der Waals surface area contributed by atoms with Gasteiger partial charge in [0.05, 0.1) is 25.5 Å². The summed E-state index contributed by atoms with van der Waals surface area (Å²) in [7, 11) is 2.98. The highest BCUT2D eigenvalue weighted by Gasteiger charge is 2.27. The van der Waals surface area contributed by atoms with E-state index in [9.17, 15) is 9.59 Å². The van der Waals surface area contributed by atoms with Crippen LogP contribution in [0.15, 0.2) is 54.7 Å². The van der Waals surface area contributed by atoms with Gasteiger partial charge in [-0.1, -0.05) is 29.8 Å². The number of hydrogen-bond acceptors (Lipinski definition) is 5. The van der Waals surface area contributed by atoms with E-state index in [0.717, 1.165) is 16.8 Å². The first-order valence-electron chi connectivity index (χ1n) is 10.9. The van der Waals surface area contributed by atoms with Crippen LogP contribution in [0.25, 0.3) is 16.9 Å². The molecular formula is C25H28N4O4. The summed E-state index contributed by atoms with van der Waals surface area (Å²) in [5.74, 6) is 0.581. The van der Waals surface area contributed by atoms with E-state index in [1.807, 2.05) is 55.5 Å². The highest BCUT2D eigenvalue weighted by molar-refractivity contribution is 6.00. The van der Waals surface area contributed by atoms with Crippen molar-refractivity contribution in [1.29, 1.82) is 0 Å². The van der Waals surface area contributed by atoms with Gasteiger partial charge in [0.2, 0.25) is 0 Å². The second kappa shape index (κ2) is 9.77. The molecule has 2 aromatic carbocycles. The van der Waals surface area contributed by atoms with Crippen LogP contribution in [0.4, 0.5) is 4.79 Å². The molecule has 2 heterocycles. The van der Waals surface area contributed by atoms with Gasteiger partial charge in [-0.2, -0.15) is 5.10 Å². The second-order valence-electron chi connectivity index (χ2n) is 8.01. The SMILES string of the molecule is COC(=O)N1CCCN(C(=O)c2cn(-c3ccc(C)cc3)nc2-c2cccc(OC)c2)CC1. The molecule has 3 aromatic rings. The molecule has 2 amide bonds. The number of carbonyl (C=O) groups excluding carboxylic acids is 2. The van der Waals surface area contributed by atoms with E-state index in [-0.39, 0.29) is 12.0 Å². The molecule has 172 valence electrons. The Morgan fingerprint density at radius 2 is 1.67 bits per heavy atom. The van der Waals surface area contributed by atoms with E-state index in [4.69, 9.17) is 14.6 Å². The van der Waals surface area contributed by atoms with Gasteiger partial charge in [-0.25, -0.2) is 9.48 Å². The van der Waals surface area contributed by atoms with Crippen molar-refractivity contribution in [2.75, 3.05) is 40.4 Å². The smallest absolute Gasteiger partial charge is 0.409 e. The fourth-order valence-electron chi connectivity index (χ4n) is 3.95. The maximum Gasteiger partial charge on any atom is 0.409 e. The van der Waals surface area contributed by atoms with E-state index in [0.29, 0.717) is 49.6 Å². The predicted molar refractivity (Wildman–Crippen MR) is 125 cm³/mol. The fraction of sp³-hybridized carbons (Fsp3) is 0.320. The fourth-order valence-corrected chi connectivity index (χ4v) is 3.95. The predicted octanol–water partition coefficient (Wildman–Crippen LogP) is 3.77. The molecule has 4 rings (SSSR count). The summed E-state index contributed by atoms with van der Waals surface area (Å²) in [5.41, 5.74) is 3.92. The molecule has 1 aliphatic rings. The molecule has 1 aromatic heterocycles. The second-order valence-corrected chi connectivity index (χ2v) is 8.01. The number of aromatic nitrogens is 2. The molecule has 8 heteroatoms. The number of carbonyl (C=O) groups is 2. The molecule has 0 bridgehead atoms. The van der Waals surface area contributed by atoms with E-state index in [2.05, 4.69) is 0 Å². The Morgan fingerprint density at radius 1 is 0.939 bits per heavy atom. The molecule has 0 aliphatic carbocycles. The molecule has 8 nitrogen and oxygen atoms in total. The summed E-state index contributed by atoms with van der Waals surface area (Å²) in [4.78, 5) is 29.0. The summed E-state index contributed by atoms with van der Waals surface area (Å²) in [6.07, 6.45) is 2.10. The monoisotopic (exact) mass is 448 g/mol. The van der Waals surface area contributed by atoms with Crippen LogP contribution < -0.4 is 4.74 Å². The van der Waals surface area contributed by atoms with Crippen LogP contribution in [0.5, 0.6) is 5.75 Å². The quantitative estimate of drug-likeness (QED) is 0.607. The topological polar surface area (TPSA) is 76.9 Å². The van der Waals surface area contributed by atoms with E-state index in [1.165, 1.54) is 7.11 Å². The van der Waals surface area contributed by atoms with Crippen molar-refractivity contribution < 1.29 is 19.1 Å². The third kappa shape index (κ3) is 4.84. The molecular weight excluding hydrogens is 420 g/mol. The van der Waals surface area contributed by atoms with Gasteiger partial charge < -0.3 is 19.3 Å². The van der Waals surface area contributed by atoms with Gasteiger partial charge in [0, 0.05) is 37.9 Å². The molecule has 1 fully saturated rings. The summed E-state index contributed by atoms with van der Waals surface area (Å²) >= 11 is 0. The molecule has 0 N–H and O–H groups in total. The number of amides is 2. The van der Waals surface area contributed by atoms with Gasteiger partial charge in [-0.05, 0) is 37.6 Å². The zero-order valence-electron chi connectivity index (χ0n) is 19.2. The van der Waals surface area contributed by atoms with Crippen molar-refractivity contribution in [3.8, 4) is 22.7 Å². The van der Waals surface area contributed by atoms with Crippen LogP contribution in [0.2, 0.25) is 0 Å². The van der Waals surface area contributed by atoms with Crippen molar-refractivity contribution in [2.45, 2.75) is 13.3 Å². The van der Waals surface area contributed by atoms with Gasteiger partial charge in [0.1, 0.15) is 11.4 Å². The average Bonchev–Trinajstić information content (AvgIpc) is 3.14. The normalized spacial score (nSPS) is 14.0. The number of ether oxygens (including phenoxy) is 2. The number of rotatable bonds is 4. The zero-order valence-corrected chi connectivity index (χ0v) is 19.2. The molecule has 0 spiro atoms. The van der Waals surface area contributed by atoms with Gasteiger partial charge >= 0.3 is 6.09 Å². The first-order chi connectivity index (χ1) is 16.0. The van der Waals surface area contributed by atoms with Crippen molar-refractivity contribution in [3.63, 3.8) is 0 Å². The third-order valence-corrected chi connectivity index (χ3v) is 5.80. The molecule has 1 saturated heterocycles. The Balaban J connectivity index is 1.70. The zero-order chi connectivity index (χ0) is 23.4. The Morgan fingerprint density at radius 3 is 2.39 bits per heavy atom. The number of aryl methyl sites for hydroxylation is 1. The highest BCUT2D eigenvalue weighted by atomic mass is 16.5. The van der Waals surface area contributed by atoms with Gasteiger partial charge in [0.25, 0.3) is 5.91 Å². The minimum Gasteiger partial charge on any atom is -0.497 e. The lowest BCUT2D eigenvalue weighted by atomic mass is 10.1. The van der Waals surface area contributed by atoms with Crippen LogP contribution in [-0.4, -0.2) is 72.0 Å². The maximum atomic E-state index is 13.7. The Kier molecular flexibility index (Phi) is 6.63. The molecule has 33 heavy (non-hydrogen) atoms. The maximum absolute atomic E-state index is 13.7. The minimum absolute atomic E-state index is 0.113. The van der Waals surface area contributed by atoms with Crippen LogP contribution >= 0.6 is 0 Å². The van der Waals surface area contributed by atoms with Crippen LogP contribution in [0.3, 0.4) is 0 Å².